The van der Waals surface area contributed by atoms with Crippen LogP contribution in [-0.4, -0.2) is 196 Å². The maximum atomic E-state index is 11.1. The number of rotatable bonds is 67. The molecule has 3 atom stereocenters. The van der Waals surface area contributed by atoms with Crippen LogP contribution in [0.1, 0.15) is 304 Å². The Kier molecular flexibility index (Phi) is 68.6. The van der Waals surface area contributed by atoms with Gasteiger partial charge in [-0.15, -0.1) is 0 Å². The van der Waals surface area contributed by atoms with E-state index in [2.05, 4.69) is 54.2 Å². The first kappa shape index (κ1) is 82.5. The number of aliphatic hydroxyl groups excluding tert-OH is 4. The van der Waals surface area contributed by atoms with Crippen LogP contribution in [0.4, 0.5) is 0 Å². The lowest BCUT2D eigenvalue weighted by Gasteiger charge is -2.36. The van der Waals surface area contributed by atoms with E-state index in [9.17, 15) is 15.3 Å². The van der Waals surface area contributed by atoms with Crippen LogP contribution in [0.5, 0.6) is 0 Å². The van der Waals surface area contributed by atoms with E-state index >= 15 is 0 Å². The molecule has 1 fully saturated rings. The summed E-state index contributed by atoms with van der Waals surface area (Å²) in [7, 11) is 0. The molecule has 4 N–H and O–H groups in total. The molecule has 3 unspecified atom stereocenters. The van der Waals surface area contributed by atoms with Crippen LogP contribution in [0, 0.1) is 0 Å². The third-order valence-electron chi connectivity index (χ3n) is 17.0. The van der Waals surface area contributed by atoms with Gasteiger partial charge in [-0.25, -0.2) is 0 Å². The molecular weight excluding hydrogens is 1040 g/mol. The summed E-state index contributed by atoms with van der Waals surface area (Å²) in [5.41, 5.74) is 0. The number of hydrogen-bond acceptors (Lipinski definition) is 12. The Morgan fingerprint density at radius 3 is 0.892 bits per heavy atom. The molecule has 0 bridgehead atoms. The Hall–Kier alpha value is -0.480. The van der Waals surface area contributed by atoms with E-state index in [1.54, 1.807) is 0 Å². The molecule has 0 aromatic rings. The minimum Gasteiger partial charge on any atom is -0.394 e. The van der Waals surface area contributed by atoms with Crippen molar-refractivity contribution in [3.63, 3.8) is 0 Å². The second-order valence-corrected chi connectivity index (χ2v) is 25.3. The fraction of sp³-hybridized carbons (Fsp3) is 1.00. The highest BCUT2D eigenvalue weighted by Crippen LogP contribution is 2.17. The lowest BCUT2D eigenvalue weighted by Crippen LogP contribution is -2.49. The molecule has 0 aliphatic carbocycles. The Morgan fingerprint density at radius 2 is 0.554 bits per heavy atom. The number of nitrogens with zero attached hydrogens (tertiary/aromatic N) is 4. The first-order valence-electron chi connectivity index (χ1n) is 36.7. The summed E-state index contributed by atoms with van der Waals surface area (Å²) in [6, 6.07) is 0. The Labute approximate surface area is 517 Å². The van der Waals surface area contributed by atoms with Crippen molar-refractivity contribution in [1.82, 2.24) is 19.6 Å². The van der Waals surface area contributed by atoms with Gasteiger partial charge in [0.25, 0.3) is 0 Å². The molecule has 0 aromatic carbocycles. The molecule has 1 aliphatic rings. The molecule has 1 aliphatic heterocycles. The van der Waals surface area contributed by atoms with Crippen LogP contribution in [0.25, 0.3) is 0 Å². The predicted molar refractivity (Wildman–Crippen MR) is 356 cm³/mol. The second kappa shape index (κ2) is 69.0. The standard InChI is InChI=1S/C63H130N4O8.C8H18/c1-4-7-10-13-16-19-22-25-28-31-37-61(69)58-66(48-47-65-45-43-64(44-46-65)40-34-50-72-53-49-68)41-35-51-73-54-56-75-57-55-74-52-36-42-67(59-62(70)38-32-29-26-23-20-17-14-11-8-5-2)60-63(71)39-33-30-27-24-21-18-15-12-9-6-3;1-3-5-7-8-6-4-2/h61-63,68-71H,4-60H2,1-3H3;3-8H2,1-2H3. The zero-order valence-electron chi connectivity index (χ0n) is 56.5. The summed E-state index contributed by atoms with van der Waals surface area (Å²) < 4.78 is 23.3. The lowest BCUT2D eigenvalue weighted by molar-refractivity contribution is 0.00868. The molecule has 0 spiro atoms. The SMILES string of the molecule is CCCCCCCC.CCCCCCCCCCCCC(O)CN(CCCOCCOCCOCCCN(CC(O)CCCCCCCCCCCC)CC(O)CCCCCCCCCCCC)CCN1CCN(CCCOCCO)CC1. The lowest BCUT2D eigenvalue weighted by atomic mass is 10.0. The molecule has 1 rings (SSSR count). The Balaban J connectivity index is 0.00000776. The van der Waals surface area contributed by atoms with Crippen LogP contribution >= 0.6 is 0 Å². The van der Waals surface area contributed by atoms with Crippen molar-refractivity contribution in [2.45, 2.75) is 323 Å². The highest BCUT2D eigenvalue weighted by atomic mass is 16.5. The van der Waals surface area contributed by atoms with Crippen molar-refractivity contribution in [3.8, 4) is 0 Å². The van der Waals surface area contributed by atoms with Crippen molar-refractivity contribution in [1.29, 1.82) is 0 Å². The minimum atomic E-state index is -0.352. The first-order valence-corrected chi connectivity index (χ1v) is 36.7. The number of piperazine rings is 1. The van der Waals surface area contributed by atoms with E-state index in [0.29, 0.717) is 65.9 Å². The Morgan fingerprint density at radius 1 is 0.289 bits per heavy atom. The van der Waals surface area contributed by atoms with E-state index < -0.39 is 0 Å². The quantitative estimate of drug-likeness (QED) is 0.0433. The monoisotopic (exact) mass is 1190 g/mol. The van der Waals surface area contributed by atoms with Gasteiger partial charge < -0.3 is 44.3 Å². The van der Waals surface area contributed by atoms with Gasteiger partial charge >= 0.3 is 0 Å². The van der Waals surface area contributed by atoms with Gasteiger partial charge in [-0.2, -0.15) is 0 Å². The molecule has 12 heteroatoms. The number of ether oxygens (including phenoxy) is 4. The molecule has 500 valence electrons. The van der Waals surface area contributed by atoms with Gasteiger partial charge in [0.2, 0.25) is 0 Å². The van der Waals surface area contributed by atoms with Crippen LogP contribution < -0.4 is 0 Å². The predicted octanol–water partition coefficient (Wildman–Crippen LogP) is 15.8. The van der Waals surface area contributed by atoms with Crippen LogP contribution in [0.15, 0.2) is 0 Å². The maximum Gasteiger partial charge on any atom is 0.0701 e. The smallest absolute Gasteiger partial charge is 0.0701 e. The van der Waals surface area contributed by atoms with Crippen LogP contribution in [0.3, 0.4) is 0 Å². The van der Waals surface area contributed by atoms with Crippen LogP contribution in [-0.2, 0) is 18.9 Å². The number of aliphatic hydroxyl groups is 4. The minimum absolute atomic E-state index is 0.0905. The van der Waals surface area contributed by atoms with Gasteiger partial charge in [-0.3, -0.25) is 14.7 Å². The average molecular weight is 1190 g/mol. The summed E-state index contributed by atoms with van der Waals surface area (Å²) >= 11 is 0. The normalized spacial score (nSPS) is 14.5. The van der Waals surface area contributed by atoms with Crippen molar-refractivity contribution in [2.75, 3.05) is 138 Å². The van der Waals surface area contributed by atoms with Crippen molar-refractivity contribution in [3.05, 3.63) is 0 Å². The highest BCUT2D eigenvalue weighted by Gasteiger charge is 2.19. The third-order valence-corrected chi connectivity index (χ3v) is 17.0. The van der Waals surface area contributed by atoms with Crippen molar-refractivity contribution in [2.24, 2.45) is 0 Å². The molecule has 83 heavy (non-hydrogen) atoms. The van der Waals surface area contributed by atoms with E-state index in [0.717, 1.165) is 123 Å². The van der Waals surface area contributed by atoms with E-state index in [-0.39, 0.29) is 24.9 Å². The molecule has 0 amide bonds. The first-order chi connectivity index (χ1) is 40.8. The zero-order valence-corrected chi connectivity index (χ0v) is 56.5. The van der Waals surface area contributed by atoms with Gasteiger partial charge in [-0.05, 0) is 38.5 Å². The molecular formula is C71H148N4O8. The fourth-order valence-electron chi connectivity index (χ4n) is 11.6. The summed E-state index contributed by atoms with van der Waals surface area (Å²) in [5, 5.41) is 42.1. The summed E-state index contributed by atoms with van der Waals surface area (Å²) in [6.45, 7) is 27.2. The van der Waals surface area contributed by atoms with Gasteiger partial charge in [-0.1, -0.05) is 266 Å². The van der Waals surface area contributed by atoms with Crippen molar-refractivity contribution < 1.29 is 39.4 Å². The largest absolute Gasteiger partial charge is 0.394 e. The number of unbranched alkanes of at least 4 members (excludes halogenated alkanes) is 32. The van der Waals surface area contributed by atoms with Gasteiger partial charge in [0.15, 0.2) is 0 Å². The van der Waals surface area contributed by atoms with E-state index in [1.807, 2.05) is 0 Å². The van der Waals surface area contributed by atoms with E-state index in [1.165, 1.54) is 212 Å². The topological polar surface area (TPSA) is 131 Å². The molecule has 0 aromatic heterocycles. The zero-order chi connectivity index (χ0) is 60.4. The van der Waals surface area contributed by atoms with Gasteiger partial charge in [0.05, 0.1) is 58.0 Å². The summed E-state index contributed by atoms with van der Waals surface area (Å²) in [6.07, 6.45) is 52.0. The average Bonchev–Trinajstić information content (AvgIpc) is 3.49. The Bertz CT molecular complexity index is 1150. The second-order valence-electron chi connectivity index (χ2n) is 25.3. The molecule has 12 nitrogen and oxygen atoms in total. The molecule has 1 saturated heterocycles. The maximum absolute atomic E-state index is 11.1. The summed E-state index contributed by atoms with van der Waals surface area (Å²) in [4.78, 5) is 9.85. The van der Waals surface area contributed by atoms with Crippen molar-refractivity contribution >= 4 is 0 Å². The molecule has 1 heterocycles. The third kappa shape index (κ3) is 62.9. The van der Waals surface area contributed by atoms with Gasteiger partial charge in [0, 0.05) is 98.4 Å². The summed E-state index contributed by atoms with van der Waals surface area (Å²) in [5.74, 6) is 0. The highest BCUT2D eigenvalue weighted by molar-refractivity contribution is 4.75. The van der Waals surface area contributed by atoms with Crippen LogP contribution in [0.2, 0.25) is 0 Å². The molecule has 0 radical (unpaired) electrons. The molecule has 0 saturated carbocycles. The fourth-order valence-corrected chi connectivity index (χ4v) is 11.6. The number of hydrogen-bond donors (Lipinski definition) is 4. The van der Waals surface area contributed by atoms with E-state index in [4.69, 9.17) is 24.1 Å². The van der Waals surface area contributed by atoms with Gasteiger partial charge in [0.1, 0.15) is 0 Å².